The predicted molar refractivity (Wildman–Crippen MR) is 65.7 cm³/mol. The van der Waals surface area contributed by atoms with E-state index in [1.54, 1.807) is 0 Å². The Morgan fingerprint density at radius 2 is 1.83 bits per heavy atom. The van der Waals surface area contributed by atoms with Crippen LogP contribution in [0.15, 0.2) is 0 Å². The predicted octanol–water partition coefficient (Wildman–Crippen LogP) is -0.933. The quantitative estimate of drug-likeness (QED) is 0.448. The van der Waals surface area contributed by atoms with Crippen molar-refractivity contribution in [3.63, 3.8) is 0 Å². The summed E-state index contributed by atoms with van der Waals surface area (Å²) in [5.41, 5.74) is 5.34. The minimum atomic E-state index is -1.13. The van der Waals surface area contributed by atoms with Crippen molar-refractivity contribution in [2.45, 2.75) is 32.7 Å². The second kappa shape index (κ2) is 8.46. The summed E-state index contributed by atoms with van der Waals surface area (Å²) in [6.07, 6.45) is -0.274. The minimum Gasteiger partial charge on any atom is -0.481 e. The van der Waals surface area contributed by atoms with Crippen LogP contribution in [-0.2, 0) is 14.4 Å². The molecule has 18 heavy (non-hydrogen) atoms. The zero-order valence-corrected chi connectivity index (χ0v) is 10.7. The minimum absolute atomic E-state index is 0.149. The molecule has 0 rings (SSSR count). The normalized spacial score (nSPS) is 12.0. The molecule has 0 saturated carbocycles. The lowest BCUT2D eigenvalue weighted by Gasteiger charge is -2.11. The van der Waals surface area contributed by atoms with Crippen LogP contribution in [0.25, 0.3) is 0 Å². The molecular weight excluding hydrogens is 238 g/mol. The molecule has 104 valence electrons. The molecule has 0 aliphatic rings. The maximum Gasteiger partial charge on any atom is 0.305 e. The van der Waals surface area contributed by atoms with Gasteiger partial charge in [-0.1, -0.05) is 13.8 Å². The molecule has 0 aliphatic heterocycles. The topological polar surface area (TPSA) is 122 Å². The van der Waals surface area contributed by atoms with Crippen molar-refractivity contribution in [1.82, 2.24) is 10.6 Å². The summed E-state index contributed by atoms with van der Waals surface area (Å²) in [6, 6.07) is -1.08. The lowest BCUT2D eigenvalue weighted by Crippen LogP contribution is -2.43. The average molecular weight is 259 g/mol. The molecule has 0 bridgehead atoms. The molecule has 0 aromatic heterocycles. The maximum atomic E-state index is 11.3. The second-order valence-electron chi connectivity index (χ2n) is 4.44. The molecule has 2 amide bonds. The van der Waals surface area contributed by atoms with Crippen LogP contribution in [0, 0.1) is 5.92 Å². The van der Waals surface area contributed by atoms with Gasteiger partial charge in [-0.25, -0.2) is 0 Å². The Hall–Kier alpha value is -1.63. The van der Waals surface area contributed by atoms with Crippen molar-refractivity contribution in [3.8, 4) is 0 Å². The van der Waals surface area contributed by atoms with Crippen molar-refractivity contribution >= 4 is 17.8 Å². The highest BCUT2D eigenvalue weighted by molar-refractivity contribution is 5.86. The average Bonchev–Trinajstić information content (AvgIpc) is 2.25. The van der Waals surface area contributed by atoms with E-state index in [2.05, 4.69) is 10.6 Å². The first-order valence-electron chi connectivity index (χ1n) is 5.84. The monoisotopic (exact) mass is 259 g/mol. The van der Waals surface area contributed by atoms with Crippen LogP contribution in [-0.4, -0.2) is 42.0 Å². The van der Waals surface area contributed by atoms with E-state index in [1.165, 1.54) is 0 Å². The molecule has 0 heterocycles. The van der Waals surface area contributed by atoms with Gasteiger partial charge in [0, 0.05) is 19.5 Å². The van der Waals surface area contributed by atoms with Crippen LogP contribution < -0.4 is 16.4 Å². The third-order valence-electron chi connectivity index (χ3n) is 2.09. The van der Waals surface area contributed by atoms with Gasteiger partial charge >= 0.3 is 5.97 Å². The first-order valence-corrected chi connectivity index (χ1v) is 5.84. The van der Waals surface area contributed by atoms with E-state index in [9.17, 15) is 14.4 Å². The largest absolute Gasteiger partial charge is 0.481 e. The number of carboxylic acid groups (broad SMARTS) is 1. The highest BCUT2D eigenvalue weighted by Crippen LogP contribution is 1.90. The fraction of sp³-hybridized carbons (Fsp3) is 0.727. The smallest absolute Gasteiger partial charge is 0.305 e. The first-order chi connectivity index (χ1) is 8.32. The van der Waals surface area contributed by atoms with Gasteiger partial charge in [-0.15, -0.1) is 0 Å². The summed E-state index contributed by atoms with van der Waals surface area (Å²) in [7, 11) is 0. The van der Waals surface area contributed by atoms with Crippen LogP contribution in [0.3, 0.4) is 0 Å². The Kier molecular flexibility index (Phi) is 7.69. The highest BCUT2D eigenvalue weighted by Gasteiger charge is 2.16. The Balaban J connectivity index is 3.73. The second-order valence-corrected chi connectivity index (χ2v) is 4.44. The van der Waals surface area contributed by atoms with Crippen LogP contribution >= 0.6 is 0 Å². The number of carbonyl (C=O) groups is 3. The van der Waals surface area contributed by atoms with Crippen molar-refractivity contribution in [2.24, 2.45) is 11.7 Å². The van der Waals surface area contributed by atoms with E-state index < -0.39 is 24.3 Å². The Labute approximate surface area is 106 Å². The fourth-order valence-corrected chi connectivity index (χ4v) is 1.12. The van der Waals surface area contributed by atoms with Crippen LogP contribution in [0.4, 0.5) is 0 Å². The molecule has 5 N–H and O–H groups in total. The van der Waals surface area contributed by atoms with Crippen LogP contribution in [0.5, 0.6) is 0 Å². The van der Waals surface area contributed by atoms with Crippen molar-refractivity contribution in [3.05, 3.63) is 0 Å². The van der Waals surface area contributed by atoms with Crippen LogP contribution in [0.1, 0.15) is 26.7 Å². The zero-order chi connectivity index (χ0) is 14.1. The van der Waals surface area contributed by atoms with Gasteiger partial charge in [-0.2, -0.15) is 0 Å². The molecule has 1 unspecified atom stereocenters. The summed E-state index contributed by atoms with van der Waals surface area (Å²) in [4.78, 5) is 32.9. The van der Waals surface area contributed by atoms with Gasteiger partial charge in [0.15, 0.2) is 0 Å². The van der Waals surface area contributed by atoms with Gasteiger partial charge in [-0.05, 0) is 5.92 Å². The number of carboxylic acids is 1. The lowest BCUT2D eigenvalue weighted by molar-refractivity contribution is -0.139. The standard InChI is InChI=1S/C11H21N3O4/c1-7(2)6-14-9(15)3-4-13-11(18)8(12)5-10(16)17/h7-8H,3-6,12H2,1-2H3,(H,13,18)(H,14,15)(H,16,17). The summed E-state index contributed by atoms with van der Waals surface area (Å²) in [6.45, 7) is 4.70. The van der Waals surface area contributed by atoms with E-state index in [1.807, 2.05) is 13.8 Å². The van der Waals surface area contributed by atoms with Crippen molar-refractivity contribution in [2.75, 3.05) is 13.1 Å². The number of aliphatic carboxylic acids is 1. The third-order valence-corrected chi connectivity index (χ3v) is 2.09. The van der Waals surface area contributed by atoms with Gasteiger partial charge in [0.1, 0.15) is 0 Å². The van der Waals surface area contributed by atoms with Gasteiger partial charge in [0.25, 0.3) is 0 Å². The SMILES string of the molecule is CC(C)CNC(=O)CCNC(=O)C(N)CC(=O)O. The summed E-state index contributed by atoms with van der Waals surface area (Å²) in [5, 5.41) is 13.6. The number of nitrogens with one attached hydrogen (secondary N) is 2. The molecule has 0 saturated heterocycles. The molecule has 1 atom stereocenters. The van der Waals surface area contributed by atoms with Gasteiger partial charge in [-0.3, -0.25) is 14.4 Å². The van der Waals surface area contributed by atoms with E-state index >= 15 is 0 Å². The van der Waals surface area contributed by atoms with E-state index in [-0.39, 0.29) is 18.9 Å². The first kappa shape index (κ1) is 16.4. The third kappa shape index (κ3) is 8.51. The van der Waals surface area contributed by atoms with Crippen LogP contribution in [0.2, 0.25) is 0 Å². The summed E-state index contributed by atoms with van der Waals surface area (Å²) in [5.74, 6) is -1.48. The number of carbonyl (C=O) groups excluding carboxylic acids is 2. The van der Waals surface area contributed by atoms with Crippen molar-refractivity contribution < 1.29 is 19.5 Å². The lowest BCUT2D eigenvalue weighted by atomic mass is 10.2. The number of amides is 2. The Morgan fingerprint density at radius 3 is 2.33 bits per heavy atom. The zero-order valence-electron chi connectivity index (χ0n) is 10.7. The molecule has 7 heteroatoms. The molecule has 0 aromatic rings. The van der Waals surface area contributed by atoms with Gasteiger partial charge in [0.2, 0.25) is 11.8 Å². The van der Waals surface area contributed by atoms with Gasteiger partial charge < -0.3 is 21.5 Å². The molecule has 0 aromatic carbocycles. The summed E-state index contributed by atoms with van der Waals surface area (Å²) >= 11 is 0. The van der Waals surface area contributed by atoms with E-state index in [4.69, 9.17) is 10.8 Å². The fourth-order valence-electron chi connectivity index (χ4n) is 1.12. The van der Waals surface area contributed by atoms with Crippen molar-refractivity contribution in [1.29, 1.82) is 0 Å². The number of rotatable bonds is 8. The highest BCUT2D eigenvalue weighted by atomic mass is 16.4. The number of hydrogen-bond donors (Lipinski definition) is 4. The molecule has 0 spiro atoms. The Bertz CT molecular complexity index is 305. The number of hydrogen-bond acceptors (Lipinski definition) is 4. The van der Waals surface area contributed by atoms with E-state index in [0.29, 0.717) is 12.5 Å². The molecule has 0 radical (unpaired) electrons. The molecule has 7 nitrogen and oxygen atoms in total. The summed E-state index contributed by atoms with van der Waals surface area (Å²) < 4.78 is 0. The molecular formula is C11H21N3O4. The Morgan fingerprint density at radius 1 is 1.22 bits per heavy atom. The maximum absolute atomic E-state index is 11.3. The number of nitrogens with two attached hydrogens (primary N) is 1. The molecule has 0 fully saturated rings. The van der Waals surface area contributed by atoms with E-state index in [0.717, 1.165) is 0 Å². The van der Waals surface area contributed by atoms with Gasteiger partial charge in [0.05, 0.1) is 12.5 Å². The molecule has 0 aliphatic carbocycles.